The molecule has 2 fully saturated rings. The highest BCUT2D eigenvalue weighted by atomic mass is 35.5. The van der Waals surface area contributed by atoms with Crippen molar-refractivity contribution in [3.63, 3.8) is 0 Å². The van der Waals surface area contributed by atoms with Crippen molar-refractivity contribution in [2.24, 2.45) is 0 Å². The van der Waals surface area contributed by atoms with Crippen molar-refractivity contribution in [1.29, 1.82) is 0 Å². The average Bonchev–Trinajstić information content (AvgIpc) is 3.12. The van der Waals surface area contributed by atoms with Crippen LogP contribution in [0.4, 0.5) is 5.69 Å². The fourth-order valence-electron chi connectivity index (χ4n) is 4.23. The maximum atomic E-state index is 12.9. The quantitative estimate of drug-likeness (QED) is 0.761. The second kappa shape index (κ2) is 8.57. The van der Waals surface area contributed by atoms with Crippen LogP contribution >= 0.6 is 11.6 Å². The van der Waals surface area contributed by atoms with Crippen LogP contribution in [-0.2, 0) is 20.2 Å². The normalized spacial score (nSPS) is 20.1. The van der Waals surface area contributed by atoms with Gasteiger partial charge in [0.25, 0.3) is 5.91 Å². The maximum Gasteiger partial charge on any atom is 0.251 e. The van der Waals surface area contributed by atoms with E-state index in [-0.39, 0.29) is 17.1 Å². The number of ether oxygens (including phenoxy) is 1. The van der Waals surface area contributed by atoms with Crippen LogP contribution in [0, 0.1) is 0 Å². The number of nitrogens with one attached hydrogen (secondary N) is 1. The van der Waals surface area contributed by atoms with Crippen LogP contribution in [0.2, 0.25) is 5.02 Å². The van der Waals surface area contributed by atoms with Gasteiger partial charge in [0, 0.05) is 42.3 Å². The molecule has 1 N–H and O–H groups in total. The maximum absolute atomic E-state index is 12.9. The molecule has 2 saturated heterocycles. The molecule has 4 rings (SSSR count). The molecule has 160 valence electrons. The SMILES string of the molecule is O=C(NCC1(c2cccc(Cl)c2)CCOCC1)c1cccc(N2CCCS2(=O)=O)c1. The highest BCUT2D eigenvalue weighted by Gasteiger charge is 2.35. The molecule has 0 aromatic heterocycles. The van der Waals surface area contributed by atoms with E-state index in [1.165, 1.54) is 4.31 Å². The van der Waals surface area contributed by atoms with Gasteiger partial charge in [0.15, 0.2) is 0 Å². The van der Waals surface area contributed by atoms with E-state index < -0.39 is 10.0 Å². The lowest BCUT2D eigenvalue weighted by Crippen LogP contribution is -2.44. The third kappa shape index (κ3) is 4.33. The first kappa shape index (κ1) is 21.2. The Kier molecular flexibility index (Phi) is 6.04. The summed E-state index contributed by atoms with van der Waals surface area (Å²) in [5.74, 6) is -0.0745. The molecule has 0 atom stereocenters. The van der Waals surface area contributed by atoms with Gasteiger partial charge in [-0.05, 0) is 55.2 Å². The molecule has 0 unspecified atom stereocenters. The zero-order valence-electron chi connectivity index (χ0n) is 16.6. The van der Waals surface area contributed by atoms with Gasteiger partial charge in [-0.3, -0.25) is 9.10 Å². The van der Waals surface area contributed by atoms with Gasteiger partial charge in [-0.15, -0.1) is 0 Å². The van der Waals surface area contributed by atoms with E-state index in [4.69, 9.17) is 16.3 Å². The van der Waals surface area contributed by atoms with Crippen LogP contribution in [0.25, 0.3) is 0 Å². The molecule has 2 heterocycles. The smallest absolute Gasteiger partial charge is 0.251 e. The molecule has 1 amide bonds. The minimum atomic E-state index is -3.29. The first-order chi connectivity index (χ1) is 14.4. The lowest BCUT2D eigenvalue weighted by atomic mass is 9.74. The minimum absolute atomic E-state index is 0.146. The summed E-state index contributed by atoms with van der Waals surface area (Å²) in [4.78, 5) is 12.9. The third-order valence-corrected chi connectivity index (χ3v) is 8.07. The number of carbonyl (C=O) groups is 1. The summed E-state index contributed by atoms with van der Waals surface area (Å²) >= 11 is 6.21. The van der Waals surface area contributed by atoms with Crippen LogP contribution in [0.1, 0.15) is 35.2 Å². The largest absolute Gasteiger partial charge is 0.381 e. The van der Waals surface area contributed by atoms with Crippen LogP contribution < -0.4 is 9.62 Å². The van der Waals surface area contributed by atoms with Gasteiger partial charge in [-0.1, -0.05) is 29.8 Å². The van der Waals surface area contributed by atoms with E-state index >= 15 is 0 Å². The molecule has 0 radical (unpaired) electrons. The summed E-state index contributed by atoms with van der Waals surface area (Å²) in [5.41, 5.74) is 1.84. The van der Waals surface area contributed by atoms with Gasteiger partial charge < -0.3 is 10.1 Å². The van der Waals surface area contributed by atoms with Crippen molar-refractivity contribution in [3.05, 3.63) is 64.7 Å². The lowest BCUT2D eigenvalue weighted by molar-refractivity contribution is 0.0487. The molecule has 2 aliphatic heterocycles. The number of amides is 1. The first-order valence-electron chi connectivity index (χ1n) is 10.1. The molecule has 6 nitrogen and oxygen atoms in total. The zero-order chi connectivity index (χ0) is 21.2. The van der Waals surface area contributed by atoms with Crippen molar-refractivity contribution in [2.75, 3.05) is 36.4 Å². The van der Waals surface area contributed by atoms with Gasteiger partial charge in [0.1, 0.15) is 0 Å². The van der Waals surface area contributed by atoms with Crippen molar-refractivity contribution < 1.29 is 17.9 Å². The summed E-state index contributed by atoms with van der Waals surface area (Å²) < 4.78 is 31.3. The standard InChI is InChI=1S/C22H25ClN2O4S/c23-19-6-2-5-18(15-19)22(8-11-29-12-9-22)16-24-21(26)17-4-1-7-20(14-17)25-10-3-13-30(25,27)28/h1-2,4-7,14-15H,3,8-13,16H2,(H,24,26). The van der Waals surface area contributed by atoms with E-state index in [2.05, 4.69) is 5.32 Å². The number of benzene rings is 2. The molecular weight excluding hydrogens is 424 g/mol. The van der Waals surface area contributed by atoms with Crippen LogP contribution in [0.15, 0.2) is 48.5 Å². The molecule has 2 aliphatic rings. The molecule has 0 spiro atoms. The van der Waals surface area contributed by atoms with Gasteiger partial charge in [-0.2, -0.15) is 0 Å². The van der Waals surface area contributed by atoms with Gasteiger partial charge >= 0.3 is 0 Å². The summed E-state index contributed by atoms with van der Waals surface area (Å²) in [7, 11) is -3.29. The van der Waals surface area contributed by atoms with Gasteiger partial charge in [0.05, 0.1) is 11.4 Å². The van der Waals surface area contributed by atoms with Gasteiger partial charge in [0.2, 0.25) is 10.0 Å². The van der Waals surface area contributed by atoms with Crippen LogP contribution in [0.3, 0.4) is 0 Å². The Morgan fingerprint density at radius 2 is 1.90 bits per heavy atom. The third-order valence-electron chi connectivity index (χ3n) is 5.97. The number of nitrogens with zero attached hydrogens (tertiary/aromatic N) is 1. The molecule has 30 heavy (non-hydrogen) atoms. The summed E-state index contributed by atoms with van der Waals surface area (Å²) in [6.45, 7) is 2.17. The number of sulfonamides is 1. The Labute approximate surface area is 182 Å². The molecule has 8 heteroatoms. The predicted octanol–water partition coefficient (Wildman–Crippen LogP) is 3.36. The highest BCUT2D eigenvalue weighted by molar-refractivity contribution is 7.93. The summed E-state index contributed by atoms with van der Waals surface area (Å²) in [5, 5.41) is 3.73. The second-order valence-electron chi connectivity index (χ2n) is 7.88. The van der Waals surface area contributed by atoms with E-state index in [9.17, 15) is 13.2 Å². The van der Waals surface area contributed by atoms with Crippen molar-refractivity contribution in [2.45, 2.75) is 24.7 Å². The molecule has 2 aromatic carbocycles. The first-order valence-corrected chi connectivity index (χ1v) is 12.1. The summed E-state index contributed by atoms with van der Waals surface area (Å²) in [6.07, 6.45) is 2.18. The molecule has 2 aromatic rings. The van der Waals surface area contributed by atoms with Gasteiger partial charge in [-0.25, -0.2) is 8.42 Å². The number of halogens is 1. The van der Waals surface area contributed by atoms with E-state index in [1.54, 1.807) is 24.3 Å². The van der Waals surface area contributed by atoms with E-state index in [0.29, 0.717) is 49.0 Å². The monoisotopic (exact) mass is 448 g/mol. The molecule has 0 bridgehead atoms. The number of carbonyl (C=O) groups excluding carboxylic acids is 1. The number of hydrogen-bond acceptors (Lipinski definition) is 4. The Balaban J connectivity index is 1.52. The molecule has 0 aliphatic carbocycles. The molecular formula is C22H25ClN2O4S. The van der Waals surface area contributed by atoms with Crippen molar-refractivity contribution in [3.8, 4) is 0 Å². The Hall–Kier alpha value is -2.09. The highest BCUT2D eigenvalue weighted by Crippen LogP contribution is 2.35. The summed E-state index contributed by atoms with van der Waals surface area (Å²) in [6, 6.07) is 14.6. The Morgan fingerprint density at radius 1 is 1.13 bits per heavy atom. The number of rotatable bonds is 5. The molecule has 0 saturated carbocycles. The zero-order valence-corrected chi connectivity index (χ0v) is 18.2. The fraction of sp³-hybridized carbons (Fsp3) is 0.409. The Morgan fingerprint density at radius 3 is 2.60 bits per heavy atom. The van der Waals surface area contributed by atoms with E-state index in [1.807, 2.05) is 24.3 Å². The Bertz CT molecular complexity index is 1030. The second-order valence-corrected chi connectivity index (χ2v) is 10.3. The van der Waals surface area contributed by atoms with Crippen LogP contribution in [-0.4, -0.2) is 46.4 Å². The minimum Gasteiger partial charge on any atom is -0.381 e. The predicted molar refractivity (Wildman–Crippen MR) is 118 cm³/mol. The topological polar surface area (TPSA) is 75.7 Å². The lowest BCUT2D eigenvalue weighted by Gasteiger charge is -2.38. The van der Waals surface area contributed by atoms with E-state index in [0.717, 1.165) is 18.4 Å². The number of hydrogen-bond donors (Lipinski definition) is 1. The average molecular weight is 449 g/mol. The fourth-order valence-corrected chi connectivity index (χ4v) is 5.98. The van der Waals surface area contributed by atoms with Crippen molar-refractivity contribution in [1.82, 2.24) is 5.32 Å². The van der Waals surface area contributed by atoms with Crippen molar-refractivity contribution >= 4 is 33.2 Å². The number of anilines is 1. The van der Waals surface area contributed by atoms with Crippen LogP contribution in [0.5, 0.6) is 0 Å².